The summed E-state index contributed by atoms with van der Waals surface area (Å²) in [6.07, 6.45) is 7.28. The number of imidazole rings is 1. The molecule has 0 aliphatic carbocycles. The second-order valence-corrected chi connectivity index (χ2v) is 8.81. The van der Waals surface area contributed by atoms with Crippen LogP contribution in [0, 0.1) is 12.8 Å². The lowest BCUT2D eigenvalue weighted by atomic mass is 9.97. The molecule has 3 heterocycles. The Bertz CT molecular complexity index is 1220. The van der Waals surface area contributed by atoms with Crippen molar-refractivity contribution in [3.8, 4) is 17.1 Å². The summed E-state index contributed by atoms with van der Waals surface area (Å²) in [7, 11) is 0. The minimum atomic E-state index is -0.0431. The van der Waals surface area contributed by atoms with Crippen LogP contribution in [-0.2, 0) is 17.9 Å². The Kier molecular flexibility index (Phi) is 6.49. The van der Waals surface area contributed by atoms with Crippen LogP contribution in [0.5, 0.6) is 0 Å². The Labute approximate surface area is 198 Å². The van der Waals surface area contributed by atoms with Gasteiger partial charge in [0.2, 0.25) is 17.6 Å². The number of piperidine rings is 1. The first-order chi connectivity index (χ1) is 16.6. The maximum Gasteiger partial charge on any atom is 0.241 e. The smallest absolute Gasteiger partial charge is 0.241 e. The van der Waals surface area contributed by atoms with Gasteiger partial charge in [0.15, 0.2) is 0 Å². The number of nitrogens with zero attached hydrogens (tertiary/aromatic N) is 5. The van der Waals surface area contributed by atoms with Crippen LogP contribution in [-0.4, -0.2) is 43.6 Å². The van der Waals surface area contributed by atoms with Gasteiger partial charge in [0, 0.05) is 36.7 Å². The maximum absolute atomic E-state index is 12.8. The van der Waals surface area contributed by atoms with Crippen molar-refractivity contribution in [2.45, 2.75) is 32.9 Å². The van der Waals surface area contributed by atoms with Gasteiger partial charge in [-0.2, -0.15) is 4.98 Å². The van der Waals surface area contributed by atoms with Crippen LogP contribution in [0.15, 0.2) is 71.8 Å². The molecule has 1 aliphatic heterocycles. The van der Waals surface area contributed by atoms with E-state index in [0.717, 1.165) is 36.2 Å². The number of rotatable bonds is 7. The minimum Gasteiger partial charge on any atom is -0.352 e. The van der Waals surface area contributed by atoms with Gasteiger partial charge in [0.25, 0.3) is 0 Å². The average molecular weight is 457 g/mol. The van der Waals surface area contributed by atoms with Crippen LogP contribution in [0.1, 0.15) is 29.9 Å². The molecule has 0 saturated carbocycles. The van der Waals surface area contributed by atoms with E-state index in [4.69, 9.17) is 4.52 Å². The van der Waals surface area contributed by atoms with E-state index >= 15 is 0 Å². The van der Waals surface area contributed by atoms with Crippen molar-refractivity contribution in [3.05, 3.63) is 84.3 Å². The third-order valence-corrected chi connectivity index (χ3v) is 6.22. The van der Waals surface area contributed by atoms with Crippen molar-refractivity contribution in [3.63, 3.8) is 0 Å². The summed E-state index contributed by atoms with van der Waals surface area (Å²) in [6.45, 7) is 4.73. The highest BCUT2D eigenvalue weighted by molar-refractivity contribution is 5.79. The number of amides is 1. The molecule has 1 fully saturated rings. The highest BCUT2D eigenvalue weighted by Gasteiger charge is 2.26. The maximum atomic E-state index is 12.8. The molecule has 1 amide bonds. The van der Waals surface area contributed by atoms with E-state index in [1.54, 1.807) is 12.5 Å². The standard InChI is InChI=1S/C26H28N6O2/c1-19-4-8-21(9-5-19)25-29-24(34-30-25)17-31-13-2-3-22(16-31)26(33)28-15-20-6-10-23(11-7-20)32-14-12-27-18-32/h4-12,14,18,22H,2-3,13,15-17H2,1H3,(H,28,33). The summed E-state index contributed by atoms with van der Waals surface area (Å²) in [5.74, 6) is 1.22. The van der Waals surface area contributed by atoms with Gasteiger partial charge in [0.1, 0.15) is 0 Å². The zero-order chi connectivity index (χ0) is 23.3. The van der Waals surface area contributed by atoms with Crippen molar-refractivity contribution in [2.24, 2.45) is 5.92 Å². The van der Waals surface area contributed by atoms with E-state index < -0.39 is 0 Å². The fourth-order valence-electron chi connectivity index (χ4n) is 4.27. The number of carbonyl (C=O) groups is 1. The molecule has 1 unspecified atom stereocenters. The molecule has 2 aromatic carbocycles. The molecule has 2 aromatic heterocycles. The SMILES string of the molecule is Cc1ccc(-c2noc(CN3CCCC(C(=O)NCc4ccc(-n5ccnc5)cc4)C3)n2)cc1. The second kappa shape index (κ2) is 10.0. The molecule has 1 aliphatic rings. The number of aryl methyl sites for hydroxylation is 1. The lowest BCUT2D eigenvalue weighted by molar-refractivity contribution is -0.127. The quantitative estimate of drug-likeness (QED) is 0.456. The predicted molar refractivity (Wildman–Crippen MR) is 128 cm³/mol. The average Bonchev–Trinajstić information content (AvgIpc) is 3.56. The van der Waals surface area contributed by atoms with Crippen LogP contribution < -0.4 is 5.32 Å². The molecular weight excluding hydrogens is 428 g/mol. The van der Waals surface area contributed by atoms with Gasteiger partial charge >= 0.3 is 0 Å². The number of nitrogens with one attached hydrogen (secondary N) is 1. The van der Waals surface area contributed by atoms with E-state index in [-0.39, 0.29) is 11.8 Å². The molecule has 0 spiro atoms. The molecule has 1 saturated heterocycles. The minimum absolute atomic E-state index is 0.0431. The summed E-state index contributed by atoms with van der Waals surface area (Å²) < 4.78 is 7.43. The van der Waals surface area contributed by atoms with Gasteiger partial charge in [-0.1, -0.05) is 47.1 Å². The Morgan fingerprint density at radius 3 is 2.74 bits per heavy atom. The van der Waals surface area contributed by atoms with E-state index in [9.17, 15) is 4.79 Å². The van der Waals surface area contributed by atoms with Crippen LogP contribution >= 0.6 is 0 Å². The van der Waals surface area contributed by atoms with E-state index in [0.29, 0.717) is 31.3 Å². The molecule has 34 heavy (non-hydrogen) atoms. The molecule has 0 radical (unpaired) electrons. The first-order valence-corrected chi connectivity index (χ1v) is 11.6. The van der Waals surface area contributed by atoms with Gasteiger partial charge < -0.3 is 14.4 Å². The van der Waals surface area contributed by atoms with Crippen molar-refractivity contribution in [2.75, 3.05) is 13.1 Å². The van der Waals surface area contributed by atoms with Crippen LogP contribution in [0.3, 0.4) is 0 Å². The second-order valence-electron chi connectivity index (χ2n) is 8.81. The van der Waals surface area contributed by atoms with Crippen LogP contribution in [0.25, 0.3) is 17.1 Å². The van der Waals surface area contributed by atoms with Gasteiger partial charge in [-0.25, -0.2) is 4.98 Å². The Morgan fingerprint density at radius 1 is 1.15 bits per heavy atom. The first-order valence-electron chi connectivity index (χ1n) is 11.6. The number of aromatic nitrogens is 4. The predicted octanol–water partition coefficient (Wildman–Crippen LogP) is 3.76. The van der Waals surface area contributed by atoms with Crippen molar-refractivity contribution in [1.29, 1.82) is 0 Å². The fourth-order valence-corrected chi connectivity index (χ4v) is 4.27. The van der Waals surface area contributed by atoms with E-state index in [1.165, 1.54) is 5.56 Å². The van der Waals surface area contributed by atoms with Gasteiger partial charge in [0.05, 0.1) is 18.8 Å². The van der Waals surface area contributed by atoms with Crippen molar-refractivity contribution in [1.82, 2.24) is 29.9 Å². The third-order valence-electron chi connectivity index (χ3n) is 6.22. The lowest BCUT2D eigenvalue weighted by Crippen LogP contribution is -2.42. The number of likely N-dealkylation sites (tertiary alicyclic amines) is 1. The zero-order valence-electron chi connectivity index (χ0n) is 19.2. The molecule has 1 atom stereocenters. The molecule has 5 rings (SSSR count). The van der Waals surface area contributed by atoms with Crippen molar-refractivity contribution < 1.29 is 9.32 Å². The lowest BCUT2D eigenvalue weighted by Gasteiger charge is -2.30. The highest BCUT2D eigenvalue weighted by atomic mass is 16.5. The number of hydrogen-bond acceptors (Lipinski definition) is 6. The highest BCUT2D eigenvalue weighted by Crippen LogP contribution is 2.21. The molecule has 8 nitrogen and oxygen atoms in total. The Balaban J connectivity index is 1.13. The molecule has 174 valence electrons. The number of benzene rings is 2. The normalized spacial score (nSPS) is 16.4. The fraction of sp³-hybridized carbons (Fsp3) is 0.308. The molecule has 8 heteroatoms. The van der Waals surface area contributed by atoms with Crippen LogP contribution in [0.4, 0.5) is 0 Å². The summed E-state index contributed by atoms with van der Waals surface area (Å²) in [6, 6.07) is 16.2. The molecule has 0 bridgehead atoms. The molecule has 1 N–H and O–H groups in total. The Morgan fingerprint density at radius 2 is 1.97 bits per heavy atom. The first kappa shape index (κ1) is 22.0. The monoisotopic (exact) mass is 456 g/mol. The summed E-state index contributed by atoms with van der Waals surface area (Å²) >= 11 is 0. The van der Waals surface area contributed by atoms with Crippen LogP contribution in [0.2, 0.25) is 0 Å². The number of hydrogen-bond donors (Lipinski definition) is 1. The van der Waals surface area contributed by atoms with Gasteiger partial charge in [-0.3, -0.25) is 9.69 Å². The summed E-state index contributed by atoms with van der Waals surface area (Å²) in [5.41, 5.74) is 4.24. The largest absolute Gasteiger partial charge is 0.352 e. The van der Waals surface area contributed by atoms with E-state index in [2.05, 4.69) is 25.3 Å². The summed E-state index contributed by atoms with van der Waals surface area (Å²) in [4.78, 5) is 23.7. The van der Waals surface area contributed by atoms with Gasteiger partial charge in [-0.15, -0.1) is 0 Å². The number of carbonyl (C=O) groups excluding carboxylic acids is 1. The van der Waals surface area contributed by atoms with Gasteiger partial charge in [-0.05, 0) is 44.0 Å². The molecule has 4 aromatic rings. The molecular formula is C26H28N6O2. The summed E-state index contributed by atoms with van der Waals surface area (Å²) in [5, 5.41) is 7.23. The Hall–Kier alpha value is -3.78. The van der Waals surface area contributed by atoms with Crippen molar-refractivity contribution >= 4 is 5.91 Å². The van der Waals surface area contributed by atoms with E-state index in [1.807, 2.05) is 66.2 Å². The topological polar surface area (TPSA) is 89.1 Å². The third kappa shape index (κ3) is 5.23. The zero-order valence-corrected chi connectivity index (χ0v) is 19.2.